The summed E-state index contributed by atoms with van der Waals surface area (Å²) in [6.07, 6.45) is 1.97. The average molecular weight is 209 g/mol. The van der Waals surface area contributed by atoms with Crippen molar-refractivity contribution in [2.45, 2.75) is 25.8 Å². The van der Waals surface area contributed by atoms with Crippen LogP contribution in [-0.4, -0.2) is 17.0 Å². The summed E-state index contributed by atoms with van der Waals surface area (Å²) in [6.45, 7) is -0.528. The summed E-state index contributed by atoms with van der Waals surface area (Å²) >= 11 is 0. The molecule has 0 bridgehead atoms. The van der Waals surface area contributed by atoms with Crippen LogP contribution in [-0.2, 0) is 13.0 Å². The zero-order valence-electron chi connectivity index (χ0n) is 8.33. The number of hydrogen-bond donors (Lipinski definition) is 0. The van der Waals surface area contributed by atoms with Crippen molar-refractivity contribution in [3.8, 4) is 0 Å². The number of nitrogens with zero attached hydrogens (tertiary/aromatic N) is 1. The van der Waals surface area contributed by atoms with E-state index in [0.717, 1.165) is 6.42 Å². The van der Waals surface area contributed by atoms with Gasteiger partial charge in [-0.25, -0.2) is 4.39 Å². The van der Waals surface area contributed by atoms with Crippen LogP contribution in [0.5, 0.6) is 0 Å². The largest absolute Gasteiger partial charge is 0.309 e. The summed E-state index contributed by atoms with van der Waals surface area (Å²) < 4.78 is 13.7. The van der Waals surface area contributed by atoms with Crippen LogP contribution in [0.4, 0.5) is 4.39 Å². The smallest absolute Gasteiger partial charge is 0.250 e. The molecule has 1 aromatic rings. The first-order valence-electron chi connectivity index (χ1n) is 5.06. The standard InChI is InChI=1S/C11H12FNO2/c12-6-7-13-9-2-1-3-10(14)8(9)4-5-11(13)15/h4-5H,1-3,6-7H2. The van der Waals surface area contributed by atoms with E-state index < -0.39 is 6.67 Å². The Bertz CT molecular complexity index is 450. The highest BCUT2D eigenvalue weighted by atomic mass is 19.1. The molecular formula is C11H12FNO2. The molecule has 3 nitrogen and oxygen atoms in total. The van der Waals surface area contributed by atoms with E-state index in [1.54, 1.807) is 6.07 Å². The Morgan fingerprint density at radius 2 is 2.07 bits per heavy atom. The molecule has 1 aromatic heterocycles. The van der Waals surface area contributed by atoms with Gasteiger partial charge >= 0.3 is 0 Å². The molecule has 0 saturated heterocycles. The Morgan fingerprint density at radius 3 is 2.80 bits per heavy atom. The van der Waals surface area contributed by atoms with Crippen molar-refractivity contribution >= 4 is 5.78 Å². The molecule has 4 heteroatoms. The fourth-order valence-corrected chi connectivity index (χ4v) is 2.02. The average Bonchev–Trinajstić information content (AvgIpc) is 2.23. The van der Waals surface area contributed by atoms with Crippen molar-refractivity contribution < 1.29 is 9.18 Å². The number of pyridine rings is 1. The molecule has 1 heterocycles. The molecule has 0 amide bonds. The van der Waals surface area contributed by atoms with Gasteiger partial charge in [-0.2, -0.15) is 0 Å². The first-order chi connectivity index (χ1) is 7.24. The maximum atomic E-state index is 12.3. The fraction of sp³-hybridized carbons (Fsp3) is 0.455. The third-order valence-electron chi connectivity index (χ3n) is 2.72. The van der Waals surface area contributed by atoms with E-state index in [-0.39, 0.29) is 17.9 Å². The van der Waals surface area contributed by atoms with Gasteiger partial charge in [0.15, 0.2) is 5.78 Å². The minimum Gasteiger partial charge on any atom is -0.309 e. The fourth-order valence-electron chi connectivity index (χ4n) is 2.02. The lowest BCUT2D eigenvalue weighted by atomic mass is 9.94. The molecule has 0 radical (unpaired) electrons. The van der Waals surface area contributed by atoms with Crippen LogP contribution < -0.4 is 5.56 Å². The quantitative estimate of drug-likeness (QED) is 0.737. The lowest BCUT2D eigenvalue weighted by Gasteiger charge is -2.18. The molecule has 0 aromatic carbocycles. The lowest BCUT2D eigenvalue weighted by Crippen LogP contribution is -2.28. The Hall–Kier alpha value is -1.45. The lowest BCUT2D eigenvalue weighted by molar-refractivity contribution is 0.0970. The van der Waals surface area contributed by atoms with Crippen LogP contribution in [0.1, 0.15) is 28.9 Å². The topological polar surface area (TPSA) is 39.1 Å². The Balaban J connectivity index is 2.58. The second-order valence-corrected chi connectivity index (χ2v) is 3.65. The number of alkyl halides is 1. The molecule has 0 spiro atoms. The van der Waals surface area contributed by atoms with Crippen molar-refractivity contribution in [3.63, 3.8) is 0 Å². The second kappa shape index (κ2) is 3.96. The van der Waals surface area contributed by atoms with E-state index >= 15 is 0 Å². The van der Waals surface area contributed by atoms with Crippen LogP contribution in [0.25, 0.3) is 0 Å². The van der Waals surface area contributed by atoms with Crippen LogP contribution in [0, 0.1) is 0 Å². The summed E-state index contributed by atoms with van der Waals surface area (Å²) in [4.78, 5) is 23.0. The zero-order chi connectivity index (χ0) is 10.8. The Labute approximate surface area is 86.5 Å². The van der Waals surface area contributed by atoms with Gasteiger partial charge in [-0.15, -0.1) is 0 Å². The summed E-state index contributed by atoms with van der Waals surface area (Å²) in [5, 5.41) is 0. The Morgan fingerprint density at radius 1 is 1.27 bits per heavy atom. The third kappa shape index (κ3) is 1.71. The van der Waals surface area contributed by atoms with E-state index in [1.165, 1.54) is 10.6 Å². The van der Waals surface area contributed by atoms with Crippen molar-refractivity contribution in [1.82, 2.24) is 4.57 Å². The van der Waals surface area contributed by atoms with Crippen molar-refractivity contribution in [2.75, 3.05) is 6.67 Å². The van der Waals surface area contributed by atoms with Crippen LogP contribution in [0.15, 0.2) is 16.9 Å². The molecule has 0 N–H and O–H groups in total. The number of ketones is 1. The van der Waals surface area contributed by atoms with Crippen molar-refractivity contribution in [1.29, 1.82) is 0 Å². The predicted octanol–water partition coefficient (Wildman–Crippen LogP) is 1.34. The summed E-state index contributed by atoms with van der Waals surface area (Å²) in [5.41, 5.74) is 1.08. The molecule has 1 aliphatic rings. The van der Waals surface area contributed by atoms with Gasteiger partial charge in [0.05, 0.1) is 6.54 Å². The molecule has 0 fully saturated rings. The molecule has 80 valence electrons. The minimum atomic E-state index is -0.579. The third-order valence-corrected chi connectivity index (χ3v) is 2.72. The summed E-state index contributed by atoms with van der Waals surface area (Å²) in [5.74, 6) is 0.0591. The SMILES string of the molecule is O=C1CCCc2c1ccc(=O)n2CCF. The number of halogens is 1. The van der Waals surface area contributed by atoms with Crippen LogP contribution in [0.3, 0.4) is 0 Å². The van der Waals surface area contributed by atoms with Gasteiger partial charge in [0.1, 0.15) is 6.67 Å². The molecule has 0 atom stereocenters. The summed E-state index contributed by atoms with van der Waals surface area (Å²) in [6, 6.07) is 2.91. The number of carbonyl (C=O) groups is 1. The van der Waals surface area contributed by atoms with Gasteiger partial charge in [-0.3, -0.25) is 9.59 Å². The minimum absolute atomic E-state index is 0.0509. The zero-order valence-corrected chi connectivity index (χ0v) is 8.33. The molecule has 0 saturated carbocycles. The van der Waals surface area contributed by atoms with E-state index in [4.69, 9.17) is 0 Å². The number of hydrogen-bond acceptors (Lipinski definition) is 2. The van der Waals surface area contributed by atoms with Crippen LogP contribution >= 0.6 is 0 Å². The number of rotatable bonds is 2. The highest BCUT2D eigenvalue weighted by Crippen LogP contribution is 2.19. The summed E-state index contributed by atoms with van der Waals surface area (Å²) in [7, 11) is 0. The second-order valence-electron chi connectivity index (χ2n) is 3.65. The molecule has 15 heavy (non-hydrogen) atoms. The van der Waals surface area contributed by atoms with Crippen LogP contribution in [0.2, 0.25) is 0 Å². The van der Waals surface area contributed by atoms with Gasteiger partial charge < -0.3 is 4.57 Å². The highest BCUT2D eigenvalue weighted by molar-refractivity contribution is 5.97. The predicted molar refractivity (Wildman–Crippen MR) is 53.9 cm³/mol. The van der Waals surface area contributed by atoms with Gasteiger partial charge in [-0.05, 0) is 18.9 Å². The monoisotopic (exact) mass is 209 g/mol. The number of fused-ring (bicyclic) bond motifs is 1. The molecular weight excluding hydrogens is 197 g/mol. The molecule has 2 rings (SSSR count). The first-order valence-corrected chi connectivity index (χ1v) is 5.06. The van der Waals surface area contributed by atoms with Crippen molar-refractivity contribution in [2.24, 2.45) is 0 Å². The molecule has 0 aliphatic heterocycles. The van der Waals surface area contributed by atoms with E-state index in [1.807, 2.05) is 0 Å². The normalized spacial score (nSPS) is 15.1. The molecule has 0 unspecified atom stereocenters. The van der Waals surface area contributed by atoms with Gasteiger partial charge in [0.25, 0.3) is 5.56 Å². The van der Waals surface area contributed by atoms with E-state index in [2.05, 4.69) is 0 Å². The van der Waals surface area contributed by atoms with Crippen molar-refractivity contribution in [3.05, 3.63) is 33.7 Å². The number of aromatic nitrogens is 1. The van der Waals surface area contributed by atoms with Gasteiger partial charge in [0, 0.05) is 23.7 Å². The van der Waals surface area contributed by atoms with E-state index in [9.17, 15) is 14.0 Å². The maximum absolute atomic E-state index is 12.3. The van der Waals surface area contributed by atoms with E-state index in [0.29, 0.717) is 24.1 Å². The van der Waals surface area contributed by atoms with Gasteiger partial charge in [0.2, 0.25) is 0 Å². The number of carbonyl (C=O) groups excluding carboxylic acids is 1. The Kier molecular flexibility index (Phi) is 2.66. The maximum Gasteiger partial charge on any atom is 0.250 e. The van der Waals surface area contributed by atoms with Gasteiger partial charge in [-0.1, -0.05) is 0 Å². The molecule has 1 aliphatic carbocycles. The highest BCUT2D eigenvalue weighted by Gasteiger charge is 2.20. The number of Topliss-reactive ketones (excluding diaryl/α,β-unsaturated/α-hetero) is 1. The first kappa shape index (κ1) is 10.1.